The van der Waals surface area contributed by atoms with E-state index in [0.717, 1.165) is 5.56 Å². The molecule has 0 spiro atoms. The Hall–Kier alpha value is -3.75. The molecule has 2 aromatic heterocycles. The van der Waals surface area contributed by atoms with Crippen LogP contribution in [0.25, 0.3) is 11.1 Å². The fourth-order valence-electron chi connectivity index (χ4n) is 3.46. The molecular formula is C21H21N3O6. The van der Waals surface area contributed by atoms with Gasteiger partial charge in [0.15, 0.2) is 17.2 Å². The molecule has 1 aliphatic heterocycles. The zero-order valence-corrected chi connectivity index (χ0v) is 17.1. The number of hydrogen-bond acceptors (Lipinski definition) is 7. The molecule has 0 fully saturated rings. The first-order valence-electron chi connectivity index (χ1n) is 9.41. The lowest BCUT2D eigenvalue weighted by Gasteiger charge is -2.11. The predicted molar refractivity (Wildman–Crippen MR) is 107 cm³/mol. The van der Waals surface area contributed by atoms with Crippen LogP contribution in [-0.2, 0) is 11.8 Å². The van der Waals surface area contributed by atoms with Crippen LogP contribution < -0.4 is 14.8 Å². The minimum Gasteiger partial charge on any atom is -0.461 e. The van der Waals surface area contributed by atoms with E-state index in [1.807, 2.05) is 6.07 Å². The second kappa shape index (κ2) is 7.58. The lowest BCUT2D eigenvalue weighted by atomic mass is 10.1. The topological polar surface area (TPSA) is 105 Å². The fourth-order valence-corrected chi connectivity index (χ4v) is 3.46. The summed E-state index contributed by atoms with van der Waals surface area (Å²) < 4.78 is 22.8. The minimum atomic E-state index is -0.541. The van der Waals surface area contributed by atoms with Crippen LogP contribution in [0.1, 0.15) is 39.2 Å². The Morgan fingerprint density at radius 2 is 2.00 bits per heavy atom. The van der Waals surface area contributed by atoms with Crippen LogP contribution in [0, 0.1) is 13.8 Å². The largest absolute Gasteiger partial charge is 0.461 e. The summed E-state index contributed by atoms with van der Waals surface area (Å²) >= 11 is 0. The van der Waals surface area contributed by atoms with Gasteiger partial charge in [0.05, 0.1) is 18.0 Å². The molecule has 9 heteroatoms. The van der Waals surface area contributed by atoms with Gasteiger partial charge in [-0.05, 0) is 38.5 Å². The van der Waals surface area contributed by atoms with Gasteiger partial charge in [-0.25, -0.2) is 4.79 Å². The first-order chi connectivity index (χ1) is 14.4. The number of nitrogens with one attached hydrogen (secondary N) is 1. The number of carbonyl (C=O) groups excluding carboxylic acids is 2. The third-order valence-corrected chi connectivity index (χ3v) is 4.83. The van der Waals surface area contributed by atoms with E-state index >= 15 is 0 Å². The molecule has 3 aromatic rings. The fraction of sp³-hybridized carbons (Fsp3) is 0.286. The Labute approximate surface area is 172 Å². The van der Waals surface area contributed by atoms with Crippen LogP contribution in [0.5, 0.6) is 11.5 Å². The zero-order chi connectivity index (χ0) is 21.4. The number of carbonyl (C=O) groups is 2. The van der Waals surface area contributed by atoms with Gasteiger partial charge in [-0.1, -0.05) is 11.2 Å². The summed E-state index contributed by atoms with van der Waals surface area (Å²) in [7, 11) is 1.72. The number of aromatic nitrogens is 2. The van der Waals surface area contributed by atoms with Crippen LogP contribution in [0.3, 0.4) is 0 Å². The van der Waals surface area contributed by atoms with Gasteiger partial charge in [0, 0.05) is 18.8 Å². The lowest BCUT2D eigenvalue weighted by molar-refractivity contribution is 0.0516. The van der Waals surface area contributed by atoms with Gasteiger partial charge in [-0.3, -0.25) is 4.79 Å². The molecule has 0 unspecified atom stereocenters. The zero-order valence-electron chi connectivity index (χ0n) is 17.1. The van der Waals surface area contributed by atoms with E-state index in [9.17, 15) is 9.59 Å². The second-order valence-electron chi connectivity index (χ2n) is 6.82. The molecule has 1 aliphatic rings. The number of esters is 1. The maximum absolute atomic E-state index is 13.0. The molecule has 1 aromatic carbocycles. The normalized spacial score (nSPS) is 12.1. The Kier molecular flexibility index (Phi) is 4.94. The molecule has 0 saturated carbocycles. The van der Waals surface area contributed by atoms with Crippen LogP contribution in [-0.4, -0.2) is 35.0 Å². The first kappa shape index (κ1) is 19.6. The quantitative estimate of drug-likeness (QED) is 0.641. The van der Waals surface area contributed by atoms with E-state index in [2.05, 4.69) is 10.5 Å². The van der Waals surface area contributed by atoms with Gasteiger partial charge in [-0.2, -0.15) is 0 Å². The Bertz CT molecular complexity index is 1120. The maximum Gasteiger partial charge on any atom is 0.357 e. The minimum absolute atomic E-state index is 0.150. The van der Waals surface area contributed by atoms with Crippen molar-refractivity contribution in [3.05, 3.63) is 47.1 Å². The number of benzene rings is 1. The van der Waals surface area contributed by atoms with E-state index < -0.39 is 11.9 Å². The predicted octanol–water partition coefficient (Wildman–Crippen LogP) is 3.45. The molecule has 0 atom stereocenters. The molecule has 0 saturated heterocycles. The first-order valence-corrected chi connectivity index (χ1v) is 9.41. The molecule has 0 aliphatic carbocycles. The molecule has 4 rings (SSSR count). The van der Waals surface area contributed by atoms with Crippen LogP contribution in [0.15, 0.2) is 28.9 Å². The third-order valence-electron chi connectivity index (χ3n) is 4.83. The highest BCUT2D eigenvalue weighted by molar-refractivity contribution is 6.11. The second-order valence-corrected chi connectivity index (χ2v) is 6.82. The number of nitrogens with zero attached hydrogens (tertiary/aromatic N) is 2. The molecule has 9 nitrogen and oxygen atoms in total. The van der Waals surface area contributed by atoms with Crippen molar-refractivity contribution in [3.63, 3.8) is 0 Å². The van der Waals surface area contributed by atoms with Crippen molar-refractivity contribution >= 4 is 17.6 Å². The summed E-state index contributed by atoms with van der Waals surface area (Å²) in [6, 6.07) is 5.43. The Balaban J connectivity index is 1.82. The summed E-state index contributed by atoms with van der Waals surface area (Å²) in [5.41, 5.74) is 2.73. The number of ether oxygens (including phenoxy) is 3. The molecule has 1 amide bonds. The van der Waals surface area contributed by atoms with Gasteiger partial charge in [0.2, 0.25) is 6.79 Å². The average Bonchev–Trinajstić information content (AvgIpc) is 3.39. The van der Waals surface area contributed by atoms with Crippen molar-refractivity contribution in [2.24, 2.45) is 7.05 Å². The van der Waals surface area contributed by atoms with Crippen LogP contribution in [0.4, 0.5) is 5.69 Å². The van der Waals surface area contributed by atoms with Crippen molar-refractivity contribution < 1.29 is 28.3 Å². The van der Waals surface area contributed by atoms with Crippen molar-refractivity contribution in [1.29, 1.82) is 0 Å². The Morgan fingerprint density at radius 1 is 1.23 bits per heavy atom. The van der Waals surface area contributed by atoms with Crippen molar-refractivity contribution in [2.75, 3.05) is 18.7 Å². The molecule has 156 valence electrons. The monoisotopic (exact) mass is 411 g/mol. The lowest BCUT2D eigenvalue weighted by Crippen LogP contribution is -2.18. The molecular weight excluding hydrogens is 390 g/mol. The smallest absolute Gasteiger partial charge is 0.357 e. The van der Waals surface area contributed by atoms with Crippen LogP contribution >= 0.6 is 0 Å². The van der Waals surface area contributed by atoms with E-state index in [-0.39, 0.29) is 19.1 Å². The number of hydrogen-bond donors (Lipinski definition) is 1. The van der Waals surface area contributed by atoms with E-state index in [1.54, 1.807) is 50.7 Å². The summed E-state index contributed by atoms with van der Waals surface area (Å²) in [4.78, 5) is 25.7. The van der Waals surface area contributed by atoms with Crippen molar-refractivity contribution in [2.45, 2.75) is 20.8 Å². The summed E-state index contributed by atoms with van der Waals surface area (Å²) in [6.45, 7) is 5.42. The van der Waals surface area contributed by atoms with E-state index in [4.69, 9.17) is 18.7 Å². The number of amides is 1. The summed E-state index contributed by atoms with van der Waals surface area (Å²) in [5, 5.41) is 6.68. The number of fused-ring (bicyclic) bond motifs is 1. The molecule has 0 radical (unpaired) electrons. The average molecular weight is 411 g/mol. The van der Waals surface area contributed by atoms with Gasteiger partial charge in [0.1, 0.15) is 11.3 Å². The van der Waals surface area contributed by atoms with E-state index in [0.29, 0.717) is 39.8 Å². The standard InChI is InChI=1S/C21H21N3O6/c1-5-27-21(26)19-18(22-20(25)17-11(2)23-30-12(17)3)14(9-24(19)4)13-6-7-15-16(8-13)29-10-28-15/h6-9H,5,10H2,1-4H3,(H,22,25). The number of anilines is 1. The van der Waals surface area contributed by atoms with Gasteiger partial charge in [-0.15, -0.1) is 0 Å². The maximum atomic E-state index is 13.0. The highest BCUT2D eigenvalue weighted by Gasteiger charge is 2.27. The van der Waals surface area contributed by atoms with Gasteiger partial charge in [0.25, 0.3) is 5.91 Å². The highest BCUT2D eigenvalue weighted by Crippen LogP contribution is 2.40. The SMILES string of the molecule is CCOC(=O)c1c(NC(=O)c2c(C)noc2C)c(-c2ccc3c(c2)OCO3)cn1C. The number of rotatable bonds is 5. The molecule has 1 N–H and O–H groups in total. The number of aryl methyl sites for hydroxylation is 3. The van der Waals surface area contributed by atoms with E-state index in [1.165, 1.54) is 0 Å². The third kappa shape index (κ3) is 3.28. The van der Waals surface area contributed by atoms with Gasteiger partial charge < -0.3 is 28.6 Å². The van der Waals surface area contributed by atoms with Crippen molar-refractivity contribution in [3.8, 4) is 22.6 Å². The molecule has 0 bridgehead atoms. The Morgan fingerprint density at radius 3 is 2.70 bits per heavy atom. The van der Waals surface area contributed by atoms with Crippen molar-refractivity contribution in [1.82, 2.24) is 9.72 Å². The summed E-state index contributed by atoms with van der Waals surface area (Å²) in [5.74, 6) is 0.660. The summed E-state index contributed by atoms with van der Waals surface area (Å²) in [6.07, 6.45) is 1.76. The van der Waals surface area contributed by atoms with Crippen LogP contribution in [0.2, 0.25) is 0 Å². The molecule has 30 heavy (non-hydrogen) atoms. The van der Waals surface area contributed by atoms with Gasteiger partial charge >= 0.3 is 5.97 Å². The highest BCUT2D eigenvalue weighted by atomic mass is 16.7. The molecule has 3 heterocycles.